The van der Waals surface area contributed by atoms with E-state index in [1.54, 1.807) is 7.11 Å². The number of fused-ring (bicyclic) bond motifs is 1. The first-order valence-corrected chi connectivity index (χ1v) is 12.1. The normalized spacial score (nSPS) is 20.7. The summed E-state index contributed by atoms with van der Waals surface area (Å²) in [6, 6.07) is 12.0. The molecule has 1 aliphatic carbocycles. The van der Waals surface area contributed by atoms with Crippen molar-refractivity contribution in [3.8, 4) is 5.75 Å². The van der Waals surface area contributed by atoms with E-state index in [2.05, 4.69) is 27.8 Å². The summed E-state index contributed by atoms with van der Waals surface area (Å²) in [5.41, 5.74) is 6.02. The summed E-state index contributed by atoms with van der Waals surface area (Å²) < 4.78 is 7.28. The van der Waals surface area contributed by atoms with Gasteiger partial charge in [-0.3, -0.25) is 9.36 Å². The number of hydrogen-bond donors (Lipinski definition) is 3. The Morgan fingerprint density at radius 1 is 1.15 bits per heavy atom. The zero-order chi connectivity index (χ0) is 23.7. The number of methoxy groups -OCH3 is 1. The number of ether oxygens (including phenoxy) is 1. The molecule has 7 nitrogen and oxygen atoms in total. The molecule has 1 saturated carbocycles. The molecule has 0 spiro atoms. The molecule has 7 heteroatoms. The van der Waals surface area contributed by atoms with Crippen molar-refractivity contribution in [1.82, 2.24) is 14.9 Å². The lowest BCUT2D eigenvalue weighted by Crippen LogP contribution is -2.31. The minimum Gasteiger partial charge on any atom is -0.496 e. The van der Waals surface area contributed by atoms with E-state index in [9.17, 15) is 9.59 Å². The zero-order valence-corrected chi connectivity index (χ0v) is 19.8. The summed E-state index contributed by atoms with van der Waals surface area (Å²) >= 11 is 0. The number of hydrogen-bond acceptors (Lipinski definition) is 4. The van der Waals surface area contributed by atoms with Crippen LogP contribution >= 0.6 is 0 Å². The van der Waals surface area contributed by atoms with E-state index < -0.39 is 0 Å². The molecule has 0 bridgehead atoms. The van der Waals surface area contributed by atoms with Crippen LogP contribution in [0.15, 0.2) is 47.3 Å². The molecule has 0 atom stereocenters. The van der Waals surface area contributed by atoms with Crippen LogP contribution in [0.1, 0.15) is 49.3 Å². The summed E-state index contributed by atoms with van der Waals surface area (Å²) in [6.07, 6.45) is 6.29. The van der Waals surface area contributed by atoms with Crippen LogP contribution in [0.3, 0.4) is 0 Å². The van der Waals surface area contributed by atoms with Gasteiger partial charge >= 0.3 is 5.69 Å². The maximum atomic E-state index is 13.0. The van der Waals surface area contributed by atoms with Gasteiger partial charge in [0.1, 0.15) is 5.75 Å². The molecular weight excluding hydrogens is 428 g/mol. The SMILES string of the molecule is COc1cc(NC(=O)[C@H]2CC[C@@H](n3c(=O)[nH]c4c(C5=CCNCC5)cccc43)CC2)ccc1C. The summed E-state index contributed by atoms with van der Waals surface area (Å²) in [4.78, 5) is 29.0. The number of para-hydroxylation sites is 1. The fraction of sp³-hybridized carbons (Fsp3) is 0.407. The number of anilines is 1. The summed E-state index contributed by atoms with van der Waals surface area (Å²) in [7, 11) is 1.63. The maximum absolute atomic E-state index is 13.0. The first-order chi connectivity index (χ1) is 16.5. The van der Waals surface area contributed by atoms with Gasteiger partial charge in [0.2, 0.25) is 5.91 Å². The van der Waals surface area contributed by atoms with Crippen molar-refractivity contribution < 1.29 is 9.53 Å². The van der Waals surface area contributed by atoms with E-state index in [-0.39, 0.29) is 23.6 Å². The highest BCUT2D eigenvalue weighted by atomic mass is 16.5. The Kier molecular flexibility index (Phi) is 6.28. The van der Waals surface area contributed by atoms with Gasteiger partial charge in [-0.15, -0.1) is 0 Å². The summed E-state index contributed by atoms with van der Waals surface area (Å²) in [5, 5.41) is 6.39. The molecule has 3 N–H and O–H groups in total. The Morgan fingerprint density at radius 2 is 1.97 bits per heavy atom. The van der Waals surface area contributed by atoms with Gasteiger partial charge in [-0.25, -0.2) is 4.79 Å². The number of aryl methyl sites for hydroxylation is 1. The van der Waals surface area contributed by atoms with Crippen molar-refractivity contribution in [1.29, 1.82) is 0 Å². The molecule has 1 fully saturated rings. The van der Waals surface area contributed by atoms with Crippen LogP contribution < -0.4 is 21.1 Å². The first kappa shape index (κ1) is 22.5. The number of benzene rings is 2. The Labute approximate surface area is 199 Å². The Morgan fingerprint density at radius 3 is 2.71 bits per heavy atom. The average molecular weight is 461 g/mol. The zero-order valence-electron chi connectivity index (χ0n) is 19.8. The lowest BCUT2D eigenvalue weighted by Gasteiger charge is -2.28. The molecule has 2 heterocycles. The topological polar surface area (TPSA) is 88.2 Å². The first-order valence-electron chi connectivity index (χ1n) is 12.1. The van der Waals surface area contributed by atoms with Crippen molar-refractivity contribution in [2.24, 2.45) is 5.92 Å². The molecule has 2 aromatic carbocycles. The minimum absolute atomic E-state index is 0.0377. The van der Waals surface area contributed by atoms with E-state index in [0.717, 1.165) is 78.8 Å². The Balaban J connectivity index is 1.30. The van der Waals surface area contributed by atoms with Crippen molar-refractivity contribution in [2.45, 2.75) is 45.1 Å². The van der Waals surface area contributed by atoms with Crippen molar-refractivity contribution in [2.75, 3.05) is 25.5 Å². The van der Waals surface area contributed by atoms with Crippen molar-refractivity contribution in [3.63, 3.8) is 0 Å². The van der Waals surface area contributed by atoms with Crippen LogP contribution in [0.5, 0.6) is 5.75 Å². The smallest absolute Gasteiger partial charge is 0.326 e. The predicted molar refractivity (Wildman–Crippen MR) is 135 cm³/mol. The third kappa shape index (κ3) is 4.28. The quantitative estimate of drug-likeness (QED) is 0.527. The van der Waals surface area contributed by atoms with Crippen molar-refractivity contribution in [3.05, 3.63) is 64.1 Å². The molecular formula is C27H32N4O3. The molecule has 2 aliphatic rings. The molecule has 178 valence electrons. The highest BCUT2D eigenvalue weighted by Crippen LogP contribution is 2.35. The molecule has 1 amide bonds. The molecule has 0 saturated heterocycles. The van der Waals surface area contributed by atoms with Gasteiger partial charge in [0, 0.05) is 35.8 Å². The fourth-order valence-electron chi connectivity index (χ4n) is 5.38. The van der Waals surface area contributed by atoms with Crippen LogP contribution in [0, 0.1) is 12.8 Å². The number of nitrogens with one attached hydrogen (secondary N) is 3. The van der Waals surface area contributed by atoms with Gasteiger partial charge < -0.3 is 20.4 Å². The minimum atomic E-state index is -0.0587. The van der Waals surface area contributed by atoms with Crippen LogP contribution in [0.2, 0.25) is 0 Å². The monoisotopic (exact) mass is 460 g/mol. The van der Waals surface area contributed by atoms with Gasteiger partial charge in [0.05, 0.1) is 18.1 Å². The summed E-state index contributed by atoms with van der Waals surface area (Å²) in [6.45, 7) is 3.79. The van der Waals surface area contributed by atoms with Gasteiger partial charge in [0.25, 0.3) is 0 Å². The van der Waals surface area contributed by atoms with Gasteiger partial charge in [-0.05, 0) is 68.8 Å². The number of imidazole rings is 1. The second-order valence-corrected chi connectivity index (χ2v) is 9.36. The molecule has 0 unspecified atom stereocenters. The number of nitrogens with zero attached hydrogens (tertiary/aromatic N) is 1. The number of rotatable bonds is 5. The fourth-order valence-corrected chi connectivity index (χ4v) is 5.38. The maximum Gasteiger partial charge on any atom is 0.326 e. The van der Waals surface area contributed by atoms with E-state index in [1.165, 1.54) is 5.57 Å². The van der Waals surface area contributed by atoms with E-state index in [1.807, 2.05) is 41.8 Å². The van der Waals surface area contributed by atoms with E-state index >= 15 is 0 Å². The second-order valence-electron chi connectivity index (χ2n) is 9.36. The molecule has 1 aliphatic heterocycles. The van der Waals surface area contributed by atoms with Gasteiger partial charge in [-0.2, -0.15) is 0 Å². The number of aromatic amines is 1. The summed E-state index contributed by atoms with van der Waals surface area (Å²) in [5.74, 6) is 0.746. The number of aromatic nitrogens is 2. The molecule has 0 radical (unpaired) electrons. The molecule has 5 rings (SSSR count). The lowest BCUT2D eigenvalue weighted by atomic mass is 9.85. The molecule has 3 aromatic rings. The van der Waals surface area contributed by atoms with Crippen LogP contribution in [-0.2, 0) is 4.79 Å². The van der Waals surface area contributed by atoms with Crippen LogP contribution in [0.25, 0.3) is 16.6 Å². The van der Waals surface area contributed by atoms with Gasteiger partial charge in [-0.1, -0.05) is 24.3 Å². The van der Waals surface area contributed by atoms with Gasteiger partial charge in [0.15, 0.2) is 0 Å². The standard InChI is InChI=1S/C27H32N4O3/c1-17-6-9-20(16-24(17)34-2)29-26(32)19-7-10-21(11-8-19)31-23-5-3-4-22(25(23)30-27(31)33)18-12-14-28-15-13-18/h3-6,9,12,16,19,21,28H,7-8,10-11,13-15H2,1-2H3,(H,29,32)(H,30,33)/t19-,21+. The Bertz CT molecular complexity index is 1290. The number of H-pyrrole nitrogens is 1. The van der Waals surface area contributed by atoms with Crippen LogP contribution in [0.4, 0.5) is 5.69 Å². The third-order valence-electron chi connectivity index (χ3n) is 7.27. The molecule has 1 aromatic heterocycles. The number of carbonyl (C=O) groups excluding carboxylic acids is 1. The predicted octanol–water partition coefficient (Wildman–Crippen LogP) is 4.39. The lowest BCUT2D eigenvalue weighted by molar-refractivity contribution is -0.121. The second kappa shape index (κ2) is 9.50. The highest BCUT2D eigenvalue weighted by molar-refractivity contribution is 5.93. The number of amides is 1. The van der Waals surface area contributed by atoms with E-state index in [0.29, 0.717) is 0 Å². The van der Waals surface area contributed by atoms with Crippen LogP contribution in [-0.4, -0.2) is 35.7 Å². The Hall–Kier alpha value is -3.32. The number of carbonyl (C=O) groups is 1. The molecule has 34 heavy (non-hydrogen) atoms. The van der Waals surface area contributed by atoms with Crippen molar-refractivity contribution >= 4 is 28.2 Å². The highest BCUT2D eigenvalue weighted by Gasteiger charge is 2.29. The van der Waals surface area contributed by atoms with E-state index in [4.69, 9.17) is 4.74 Å². The largest absolute Gasteiger partial charge is 0.496 e. The third-order valence-corrected chi connectivity index (χ3v) is 7.27. The average Bonchev–Trinajstić information content (AvgIpc) is 3.21.